The molecule has 0 aliphatic carbocycles. The van der Waals surface area contributed by atoms with Gasteiger partial charge in [0.2, 0.25) is 0 Å². The van der Waals surface area contributed by atoms with Gasteiger partial charge in [-0.25, -0.2) is 0 Å². The number of methoxy groups -OCH3 is 1. The Kier molecular flexibility index (Phi) is 3.34. The number of benzene rings is 1. The van der Waals surface area contributed by atoms with E-state index in [4.69, 9.17) is 4.74 Å². The van der Waals surface area contributed by atoms with Crippen LogP contribution >= 0.6 is 0 Å². The standard InChI is InChI=1S/C10H9NO5/c1-6(13)10-7(5-12)8(11(14)15)3-4-9(10)16-2/h3-5H,1-2H3. The summed E-state index contributed by atoms with van der Waals surface area (Å²) in [5, 5.41) is 10.6. The van der Waals surface area contributed by atoms with Crippen molar-refractivity contribution in [2.45, 2.75) is 6.92 Å². The van der Waals surface area contributed by atoms with Crippen molar-refractivity contribution in [2.24, 2.45) is 0 Å². The number of ether oxygens (including phenoxy) is 1. The highest BCUT2D eigenvalue weighted by atomic mass is 16.6. The van der Waals surface area contributed by atoms with Gasteiger partial charge in [-0.3, -0.25) is 19.7 Å². The molecule has 0 amide bonds. The van der Waals surface area contributed by atoms with Crippen LogP contribution in [0.4, 0.5) is 5.69 Å². The molecule has 0 bridgehead atoms. The van der Waals surface area contributed by atoms with Gasteiger partial charge in [0.15, 0.2) is 12.1 Å². The van der Waals surface area contributed by atoms with Crippen molar-refractivity contribution in [3.8, 4) is 5.75 Å². The van der Waals surface area contributed by atoms with Crippen molar-refractivity contribution in [1.29, 1.82) is 0 Å². The minimum Gasteiger partial charge on any atom is -0.496 e. The molecule has 84 valence electrons. The van der Waals surface area contributed by atoms with Gasteiger partial charge < -0.3 is 4.74 Å². The number of aldehydes is 1. The normalized spacial score (nSPS) is 9.62. The van der Waals surface area contributed by atoms with E-state index in [0.29, 0.717) is 0 Å². The van der Waals surface area contributed by atoms with Crippen LogP contribution in [0.3, 0.4) is 0 Å². The Morgan fingerprint density at radius 3 is 2.50 bits per heavy atom. The highest BCUT2D eigenvalue weighted by Gasteiger charge is 2.23. The zero-order valence-electron chi connectivity index (χ0n) is 8.72. The molecule has 0 aliphatic rings. The lowest BCUT2D eigenvalue weighted by Crippen LogP contribution is -2.06. The van der Waals surface area contributed by atoms with Crippen LogP contribution in [0, 0.1) is 10.1 Å². The van der Waals surface area contributed by atoms with Crippen molar-refractivity contribution < 1.29 is 19.2 Å². The van der Waals surface area contributed by atoms with Gasteiger partial charge in [-0.05, 0) is 13.0 Å². The summed E-state index contributed by atoms with van der Waals surface area (Å²) in [7, 11) is 1.32. The third kappa shape index (κ3) is 1.90. The van der Waals surface area contributed by atoms with E-state index < -0.39 is 16.4 Å². The summed E-state index contributed by atoms with van der Waals surface area (Å²) in [6, 6.07) is 2.43. The predicted octanol–water partition coefficient (Wildman–Crippen LogP) is 1.62. The van der Waals surface area contributed by atoms with Crippen LogP contribution in [0.2, 0.25) is 0 Å². The number of hydrogen-bond donors (Lipinski definition) is 0. The third-order valence-corrected chi connectivity index (χ3v) is 2.07. The maximum atomic E-state index is 11.3. The van der Waals surface area contributed by atoms with Crippen LogP contribution in [0.25, 0.3) is 0 Å². The van der Waals surface area contributed by atoms with E-state index in [-0.39, 0.29) is 23.2 Å². The van der Waals surface area contributed by atoms with Gasteiger partial charge in [0.1, 0.15) is 11.3 Å². The molecule has 0 N–H and O–H groups in total. The molecule has 0 saturated carbocycles. The zero-order valence-corrected chi connectivity index (χ0v) is 8.72. The molecule has 0 unspecified atom stereocenters. The quantitative estimate of drug-likeness (QED) is 0.335. The SMILES string of the molecule is COc1ccc([N+](=O)[O-])c(C=O)c1C(C)=O. The molecule has 0 heterocycles. The summed E-state index contributed by atoms with van der Waals surface area (Å²) >= 11 is 0. The molecule has 1 aromatic carbocycles. The summed E-state index contributed by atoms with van der Waals surface area (Å²) in [5.41, 5.74) is -0.718. The lowest BCUT2D eigenvalue weighted by atomic mass is 10.0. The molecule has 0 spiro atoms. The molecular formula is C10H9NO5. The van der Waals surface area contributed by atoms with Crippen molar-refractivity contribution in [2.75, 3.05) is 7.11 Å². The molecular weight excluding hydrogens is 214 g/mol. The molecule has 16 heavy (non-hydrogen) atoms. The van der Waals surface area contributed by atoms with Crippen molar-refractivity contribution in [1.82, 2.24) is 0 Å². The Bertz CT molecular complexity index is 467. The average Bonchev–Trinajstić information content (AvgIpc) is 2.26. The first kappa shape index (κ1) is 11.8. The highest BCUT2D eigenvalue weighted by molar-refractivity contribution is 6.05. The number of nitrogens with zero attached hydrogens (tertiary/aromatic N) is 1. The summed E-state index contributed by atoms with van der Waals surface area (Å²) in [5.74, 6) is -0.303. The maximum Gasteiger partial charge on any atom is 0.280 e. The minimum atomic E-state index is -0.713. The van der Waals surface area contributed by atoms with Gasteiger partial charge >= 0.3 is 0 Å². The number of hydrogen-bond acceptors (Lipinski definition) is 5. The van der Waals surface area contributed by atoms with Crippen LogP contribution < -0.4 is 4.74 Å². The van der Waals surface area contributed by atoms with E-state index in [1.54, 1.807) is 0 Å². The van der Waals surface area contributed by atoms with Crippen molar-refractivity contribution in [3.63, 3.8) is 0 Å². The van der Waals surface area contributed by atoms with Crippen LogP contribution in [0.15, 0.2) is 12.1 Å². The number of carbonyl (C=O) groups is 2. The second kappa shape index (κ2) is 4.52. The van der Waals surface area contributed by atoms with Crippen LogP contribution in [-0.2, 0) is 0 Å². The smallest absolute Gasteiger partial charge is 0.280 e. The van der Waals surface area contributed by atoms with E-state index in [1.165, 1.54) is 20.1 Å². The fraction of sp³-hybridized carbons (Fsp3) is 0.200. The molecule has 0 atom stereocenters. The number of Topliss-reactive ketones (excluding diaryl/α,β-unsaturated/α-hetero) is 1. The Balaban J connectivity index is 3.62. The Morgan fingerprint density at radius 1 is 1.50 bits per heavy atom. The second-order valence-electron chi connectivity index (χ2n) is 3.01. The first-order valence-corrected chi connectivity index (χ1v) is 4.34. The molecule has 1 rings (SSSR count). The first-order chi connectivity index (χ1) is 7.52. The first-order valence-electron chi connectivity index (χ1n) is 4.34. The van der Waals surface area contributed by atoms with Crippen molar-refractivity contribution >= 4 is 17.8 Å². The average molecular weight is 223 g/mol. The van der Waals surface area contributed by atoms with Crippen molar-refractivity contribution in [3.05, 3.63) is 33.4 Å². The molecule has 6 nitrogen and oxygen atoms in total. The molecule has 0 saturated heterocycles. The Labute approximate surface area is 91.0 Å². The lowest BCUT2D eigenvalue weighted by molar-refractivity contribution is -0.385. The number of ketones is 1. The number of nitro benzene ring substituents is 1. The van der Waals surface area contributed by atoms with E-state index in [9.17, 15) is 19.7 Å². The third-order valence-electron chi connectivity index (χ3n) is 2.07. The fourth-order valence-electron chi connectivity index (χ4n) is 1.40. The number of carbonyl (C=O) groups excluding carboxylic acids is 2. The van der Waals surface area contributed by atoms with Gasteiger partial charge in [0.05, 0.1) is 17.6 Å². The zero-order chi connectivity index (χ0) is 12.3. The van der Waals surface area contributed by atoms with Crippen LogP contribution in [0.1, 0.15) is 27.6 Å². The second-order valence-corrected chi connectivity index (χ2v) is 3.01. The molecule has 0 aliphatic heterocycles. The molecule has 0 radical (unpaired) electrons. The highest BCUT2D eigenvalue weighted by Crippen LogP contribution is 2.29. The monoisotopic (exact) mass is 223 g/mol. The number of rotatable bonds is 4. The predicted molar refractivity (Wildman–Crippen MR) is 55.0 cm³/mol. The summed E-state index contributed by atoms with van der Waals surface area (Å²) in [6.07, 6.45) is 0.289. The van der Waals surface area contributed by atoms with E-state index >= 15 is 0 Å². The molecule has 0 aromatic heterocycles. The Hall–Kier alpha value is -2.24. The van der Waals surface area contributed by atoms with Gasteiger partial charge in [-0.1, -0.05) is 0 Å². The summed E-state index contributed by atoms with van der Waals surface area (Å²) < 4.78 is 4.88. The van der Waals surface area contributed by atoms with Crippen LogP contribution in [0.5, 0.6) is 5.75 Å². The minimum absolute atomic E-state index is 0.0632. The Morgan fingerprint density at radius 2 is 2.12 bits per heavy atom. The molecule has 0 fully saturated rings. The van der Waals surface area contributed by atoms with E-state index in [1.807, 2.05) is 0 Å². The summed E-state index contributed by atoms with van der Waals surface area (Å²) in [6.45, 7) is 1.22. The van der Waals surface area contributed by atoms with Crippen LogP contribution in [-0.4, -0.2) is 24.1 Å². The maximum absolute atomic E-state index is 11.3. The van der Waals surface area contributed by atoms with Gasteiger partial charge in [0.25, 0.3) is 5.69 Å². The van der Waals surface area contributed by atoms with Gasteiger partial charge in [-0.2, -0.15) is 0 Å². The molecule has 6 heteroatoms. The van der Waals surface area contributed by atoms with Gasteiger partial charge in [-0.15, -0.1) is 0 Å². The van der Waals surface area contributed by atoms with Gasteiger partial charge in [0, 0.05) is 6.07 Å². The summed E-state index contributed by atoms with van der Waals surface area (Å²) in [4.78, 5) is 32.1. The lowest BCUT2D eigenvalue weighted by Gasteiger charge is -2.07. The van der Waals surface area contributed by atoms with E-state index in [0.717, 1.165) is 6.07 Å². The van der Waals surface area contributed by atoms with E-state index in [2.05, 4.69) is 0 Å². The molecule has 1 aromatic rings. The fourth-order valence-corrected chi connectivity index (χ4v) is 1.40. The topological polar surface area (TPSA) is 86.5 Å². The number of nitro groups is 1. The largest absolute Gasteiger partial charge is 0.496 e.